The van der Waals surface area contributed by atoms with Gasteiger partial charge in [0.05, 0.1) is 12.9 Å². The summed E-state index contributed by atoms with van der Waals surface area (Å²) in [4.78, 5) is 24.0. The number of aromatic nitrogens is 4. The van der Waals surface area contributed by atoms with E-state index in [9.17, 15) is 4.79 Å². The summed E-state index contributed by atoms with van der Waals surface area (Å²) >= 11 is 1.51. The molecule has 0 aliphatic carbocycles. The Morgan fingerprint density at radius 3 is 2.83 bits per heavy atom. The Kier molecular flexibility index (Phi) is 4.95. The molecule has 0 atom stereocenters. The third-order valence-electron chi connectivity index (χ3n) is 3.32. The van der Waals surface area contributed by atoms with Crippen LogP contribution in [0.2, 0.25) is 0 Å². The second-order valence-electron chi connectivity index (χ2n) is 5.12. The van der Waals surface area contributed by atoms with Gasteiger partial charge in [0.1, 0.15) is 12.1 Å². The molecule has 0 aliphatic rings. The lowest BCUT2D eigenvalue weighted by Crippen LogP contribution is -2.09. The fourth-order valence-electron chi connectivity index (χ4n) is 2.18. The quantitative estimate of drug-likeness (QED) is 0.416. The number of thioether (sulfide) groups is 1. The van der Waals surface area contributed by atoms with Gasteiger partial charge in [-0.05, 0) is 5.56 Å². The molecule has 2 N–H and O–H groups in total. The van der Waals surface area contributed by atoms with Crippen molar-refractivity contribution in [2.75, 3.05) is 12.3 Å². The van der Waals surface area contributed by atoms with Crippen molar-refractivity contribution in [3.63, 3.8) is 0 Å². The van der Waals surface area contributed by atoms with Crippen LogP contribution in [0.15, 0.2) is 41.8 Å². The number of nitrogens with zero attached hydrogens (tertiary/aromatic N) is 4. The van der Waals surface area contributed by atoms with Gasteiger partial charge in [-0.15, -0.1) is 0 Å². The van der Waals surface area contributed by atoms with E-state index in [1.165, 1.54) is 24.2 Å². The number of benzene rings is 1. The van der Waals surface area contributed by atoms with Crippen molar-refractivity contribution in [2.24, 2.45) is 0 Å². The largest absolute Gasteiger partial charge is 0.464 e. The number of hydrogen-bond donors (Lipinski definition) is 1. The van der Waals surface area contributed by atoms with Crippen LogP contribution in [0, 0.1) is 0 Å². The highest BCUT2D eigenvalue weighted by Crippen LogP contribution is 2.24. The SMILES string of the molecule is CC(=O)OCCn1cnc2c(N)nc(SCc3ccccc3)nc21. The number of anilines is 1. The van der Waals surface area contributed by atoms with E-state index in [1.54, 1.807) is 6.33 Å². The molecular weight excluding hydrogens is 326 g/mol. The van der Waals surface area contributed by atoms with Crippen LogP contribution >= 0.6 is 11.8 Å². The highest BCUT2D eigenvalue weighted by atomic mass is 32.2. The lowest BCUT2D eigenvalue weighted by Gasteiger charge is -2.06. The van der Waals surface area contributed by atoms with Crippen molar-refractivity contribution in [1.82, 2.24) is 19.5 Å². The summed E-state index contributed by atoms with van der Waals surface area (Å²) in [6.45, 7) is 2.11. The van der Waals surface area contributed by atoms with Crippen LogP contribution in [0.5, 0.6) is 0 Å². The molecular formula is C16H17N5O2S. The molecule has 0 amide bonds. The zero-order valence-corrected chi connectivity index (χ0v) is 14.0. The molecule has 0 spiro atoms. The molecule has 24 heavy (non-hydrogen) atoms. The van der Waals surface area contributed by atoms with Gasteiger partial charge in [0.2, 0.25) is 0 Å². The molecule has 0 bridgehead atoms. The molecule has 2 aromatic heterocycles. The molecule has 7 nitrogen and oxygen atoms in total. The summed E-state index contributed by atoms with van der Waals surface area (Å²) in [7, 11) is 0. The maximum Gasteiger partial charge on any atom is 0.302 e. The minimum atomic E-state index is -0.312. The predicted molar refractivity (Wildman–Crippen MR) is 92.4 cm³/mol. The topological polar surface area (TPSA) is 95.9 Å². The molecule has 0 unspecified atom stereocenters. The number of fused-ring (bicyclic) bond motifs is 1. The second kappa shape index (κ2) is 7.31. The zero-order valence-electron chi connectivity index (χ0n) is 13.2. The van der Waals surface area contributed by atoms with E-state index in [4.69, 9.17) is 10.5 Å². The van der Waals surface area contributed by atoms with Crippen molar-refractivity contribution < 1.29 is 9.53 Å². The van der Waals surface area contributed by atoms with Gasteiger partial charge in [-0.2, -0.15) is 0 Å². The van der Waals surface area contributed by atoms with Gasteiger partial charge in [0.25, 0.3) is 0 Å². The molecule has 3 aromatic rings. The van der Waals surface area contributed by atoms with Crippen molar-refractivity contribution in [3.8, 4) is 0 Å². The Bertz CT molecular complexity index is 850. The van der Waals surface area contributed by atoms with Crippen LogP contribution in [0.3, 0.4) is 0 Å². The molecule has 3 rings (SSSR count). The number of carbonyl (C=O) groups excluding carboxylic acids is 1. The Balaban J connectivity index is 1.78. The Morgan fingerprint density at radius 1 is 1.29 bits per heavy atom. The van der Waals surface area contributed by atoms with Gasteiger partial charge >= 0.3 is 5.97 Å². The van der Waals surface area contributed by atoms with Crippen molar-refractivity contribution in [2.45, 2.75) is 24.4 Å². The Morgan fingerprint density at radius 2 is 2.08 bits per heavy atom. The molecule has 0 aliphatic heterocycles. The third-order valence-corrected chi connectivity index (χ3v) is 4.24. The first-order valence-electron chi connectivity index (χ1n) is 7.42. The molecule has 0 saturated carbocycles. The first-order chi connectivity index (χ1) is 11.6. The summed E-state index contributed by atoms with van der Waals surface area (Å²) in [5.74, 6) is 0.794. The normalized spacial score (nSPS) is 10.9. The van der Waals surface area contributed by atoms with Crippen molar-refractivity contribution in [1.29, 1.82) is 0 Å². The van der Waals surface area contributed by atoms with E-state index >= 15 is 0 Å². The predicted octanol–water partition coefficient (Wildman–Crippen LogP) is 2.26. The van der Waals surface area contributed by atoms with Gasteiger partial charge in [-0.1, -0.05) is 42.1 Å². The van der Waals surface area contributed by atoms with Crippen LogP contribution in [-0.2, 0) is 21.8 Å². The Labute approximate surface area is 143 Å². The maximum atomic E-state index is 10.9. The molecule has 124 valence electrons. The van der Waals surface area contributed by atoms with E-state index in [-0.39, 0.29) is 12.6 Å². The molecule has 0 radical (unpaired) electrons. The average molecular weight is 343 g/mol. The minimum Gasteiger partial charge on any atom is -0.464 e. The van der Waals surface area contributed by atoms with E-state index in [1.807, 2.05) is 22.8 Å². The van der Waals surface area contributed by atoms with Crippen molar-refractivity contribution >= 4 is 34.7 Å². The lowest BCUT2D eigenvalue weighted by molar-refractivity contribution is -0.141. The maximum absolute atomic E-state index is 10.9. The Hall–Kier alpha value is -2.61. The number of carbonyl (C=O) groups is 1. The van der Waals surface area contributed by atoms with E-state index in [0.29, 0.717) is 28.7 Å². The number of nitrogen functional groups attached to an aromatic ring is 1. The number of imidazole rings is 1. The molecule has 0 saturated heterocycles. The zero-order chi connectivity index (χ0) is 16.9. The molecule has 1 aromatic carbocycles. The van der Waals surface area contributed by atoms with Crippen LogP contribution in [0.25, 0.3) is 11.2 Å². The van der Waals surface area contributed by atoms with Crippen LogP contribution in [0.4, 0.5) is 5.82 Å². The van der Waals surface area contributed by atoms with Gasteiger partial charge in [0, 0.05) is 12.7 Å². The number of esters is 1. The van der Waals surface area contributed by atoms with Crippen LogP contribution < -0.4 is 5.73 Å². The summed E-state index contributed by atoms with van der Waals surface area (Å²) in [5.41, 5.74) is 8.38. The van der Waals surface area contributed by atoms with Crippen LogP contribution in [0.1, 0.15) is 12.5 Å². The highest BCUT2D eigenvalue weighted by Gasteiger charge is 2.12. The number of ether oxygens (including phenoxy) is 1. The average Bonchev–Trinajstić information content (AvgIpc) is 2.97. The standard InChI is InChI=1S/C16H17N5O2S/c1-11(22)23-8-7-21-10-18-13-14(17)19-16(20-15(13)21)24-9-12-5-3-2-4-6-12/h2-6,10H,7-9H2,1H3,(H2,17,19,20). The number of hydrogen-bond acceptors (Lipinski definition) is 7. The van der Waals surface area contributed by atoms with Gasteiger partial charge in [0.15, 0.2) is 16.6 Å². The van der Waals surface area contributed by atoms with Crippen molar-refractivity contribution in [3.05, 3.63) is 42.2 Å². The molecule has 8 heteroatoms. The number of nitrogens with two attached hydrogens (primary N) is 1. The molecule has 2 heterocycles. The first kappa shape index (κ1) is 16.3. The summed E-state index contributed by atoms with van der Waals surface area (Å²) in [5, 5.41) is 0.595. The lowest BCUT2D eigenvalue weighted by atomic mass is 10.2. The van der Waals surface area contributed by atoms with Gasteiger partial charge in [-0.25, -0.2) is 15.0 Å². The fourth-order valence-corrected chi connectivity index (χ4v) is 2.99. The summed E-state index contributed by atoms with van der Waals surface area (Å²) in [6, 6.07) is 10.1. The van der Waals surface area contributed by atoms with E-state index in [2.05, 4.69) is 27.1 Å². The minimum absolute atomic E-state index is 0.261. The third kappa shape index (κ3) is 3.83. The monoisotopic (exact) mass is 343 g/mol. The summed E-state index contributed by atoms with van der Waals surface area (Å²) < 4.78 is 6.77. The summed E-state index contributed by atoms with van der Waals surface area (Å²) in [6.07, 6.45) is 1.63. The smallest absolute Gasteiger partial charge is 0.302 e. The number of rotatable bonds is 6. The van der Waals surface area contributed by atoms with Gasteiger partial charge < -0.3 is 15.0 Å². The fraction of sp³-hybridized carbons (Fsp3) is 0.250. The molecule has 0 fully saturated rings. The highest BCUT2D eigenvalue weighted by molar-refractivity contribution is 7.98. The van der Waals surface area contributed by atoms with Crippen LogP contribution in [-0.4, -0.2) is 32.1 Å². The first-order valence-corrected chi connectivity index (χ1v) is 8.40. The van der Waals surface area contributed by atoms with E-state index in [0.717, 1.165) is 5.75 Å². The second-order valence-corrected chi connectivity index (χ2v) is 6.06. The van der Waals surface area contributed by atoms with Gasteiger partial charge in [-0.3, -0.25) is 4.79 Å². The van der Waals surface area contributed by atoms with E-state index < -0.39 is 0 Å².